The zero-order valence-corrected chi connectivity index (χ0v) is 14.0. The van der Waals surface area contributed by atoms with Crippen molar-refractivity contribution in [1.82, 2.24) is 10.3 Å². The molecule has 0 aromatic carbocycles. The number of rotatable bonds is 13. The average Bonchev–Trinajstić information content (AvgIpc) is 2.88. The Bertz CT molecular complexity index is 360. The highest BCUT2D eigenvalue weighted by atomic mass is 32.1. The molecule has 1 unspecified atom stereocenters. The van der Waals surface area contributed by atoms with E-state index < -0.39 is 6.10 Å². The summed E-state index contributed by atoms with van der Waals surface area (Å²) in [5, 5.41) is 16.1. The predicted octanol–water partition coefficient (Wildman–Crippen LogP) is 1.78. The number of nitrogens with one attached hydrogen (secondary N) is 1. The van der Waals surface area contributed by atoms with Gasteiger partial charge in [0.25, 0.3) is 0 Å². The molecule has 0 radical (unpaired) electrons. The lowest BCUT2D eigenvalue weighted by Crippen LogP contribution is -2.32. The highest BCUT2D eigenvalue weighted by Gasteiger charge is 2.04. The summed E-state index contributed by atoms with van der Waals surface area (Å²) in [5.41, 5.74) is 1.11. The lowest BCUT2D eigenvalue weighted by molar-refractivity contribution is 0.00401. The van der Waals surface area contributed by atoms with Crippen molar-refractivity contribution in [3.8, 4) is 0 Å². The Morgan fingerprint density at radius 2 is 2.14 bits per heavy atom. The third kappa shape index (κ3) is 9.92. The van der Waals surface area contributed by atoms with Gasteiger partial charge in [-0.1, -0.05) is 13.3 Å². The molecule has 0 spiro atoms. The van der Waals surface area contributed by atoms with E-state index in [0.29, 0.717) is 26.4 Å². The minimum atomic E-state index is -0.474. The molecule has 0 amide bonds. The molecule has 1 atom stereocenters. The fourth-order valence-corrected chi connectivity index (χ4v) is 2.40. The first-order chi connectivity index (χ1) is 10.2. The molecule has 1 heterocycles. The topological polar surface area (TPSA) is 63.6 Å². The monoisotopic (exact) mass is 316 g/mol. The summed E-state index contributed by atoms with van der Waals surface area (Å²) >= 11 is 1.67. The number of unbranched alkanes of at least 4 members (excludes halogenated alkanes) is 1. The van der Waals surface area contributed by atoms with Gasteiger partial charge >= 0.3 is 0 Å². The molecule has 0 aliphatic heterocycles. The number of aryl methyl sites for hydroxylation is 1. The first-order valence-electron chi connectivity index (χ1n) is 7.67. The fourth-order valence-electron chi connectivity index (χ4n) is 1.75. The second-order valence-corrected chi connectivity index (χ2v) is 6.07. The van der Waals surface area contributed by atoms with Gasteiger partial charge in [-0.25, -0.2) is 4.98 Å². The number of aromatic nitrogens is 1. The first-order valence-corrected chi connectivity index (χ1v) is 8.55. The van der Waals surface area contributed by atoms with Crippen molar-refractivity contribution in [3.05, 3.63) is 16.1 Å². The molecule has 0 fully saturated rings. The number of ether oxygens (including phenoxy) is 2. The minimum Gasteiger partial charge on any atom is -0.389 e. The molecule has 6 heteroatoms. The number of hydrogen-bond donors (Lipinski definition) is 2. The smallest absolute Gasteiger partial charge is 0.0897 e. The Balaban J connectivity index is 1.88. The summed E-state index contributed by atoms with van der Waals surface area (Å²) in [7, 11) is 0. The van der Waals surface area contributed by atoms with Gasteiger partial charge in [-0.15, -0.1) is 11.3 Å². The van der Waals surface area contributed by atoms with Crippen molar-refractivity contribution in [2.45, 2.75) is 39.2 Å². The fraction of sp³-hybridized carbons (Fsp3) is 0.800. The molecule has 0 aliphatic rings. The molecule has 0 saturated carbocycles. The Hall–Kier alpha value is -0.530. The van der Waals surface area contributed by atoms with Gasteiger partial charge in [0.2, 0.25) is 0 Å². The third-order valence-corrected chi connectivity index (χ3v) is 3.75. The maximum absolute atomic E-state index is 9.75. The molecule has 0 saturated heterocycles. The number of aliphatic hydroxyl groups excluding tert-OH is 1. The Morgan fingerprint density at radius 1 is 1.33 bits per heavy atom. The van der Waals surface area contributed by atoms with Crippen LogP contribution < -0.4 is 5.32 Å². The Labute approximate surface area is 131 Å². The van der Waals surface area contributed by atoms with E-state index in [0.717, 1.165) is 43.1 Å². The van der Waals surface area contributed by atoms with Gasteiger partial charge in [0.15, 0.2) is 0 Å². The maximum Gasteiger partial charge on any atom is 0.0897 e. The van der Waals surface area contributed by atoms with E-state index >= 15 is 0 Å². The van der Waals surface area contributed by atoms with Crippen LogP contribution in [-0.4, -0.2) is 55.7 Å². The van der Waals surface area contributed by atoms with Gasteiger partial charge in [-0.3, -0.25) is 0 Å². The molecule has 0 bridgehead atoms. The lowest BCUT2D eigenvalue weighted by atomic mass is 10.3. The Kier molecular flexibility index (Phi) is 10.6. The summed E-state index contributed by atoms with van der Waals surface area (Å²) in [4.78, 5) is 4.40. The van der Waals surface area contributed by atoms with E-state index in [-0.39, 0.29) is 0 Å². The zero-order valence-electron chi connectivity index (χ0n) is 13.1. The van der Waals surface area contributed by atoms with E-state index in [1.807, 2.05) is 6.92 Å². The van der Waals surface area contributed by atoms with Gasteiger partial charge < -0.3 is 19.9 Å². The summed E-state index contributed by atoms with van der Waals surface area (Å²) in [6.07, 6.45) is 2.65. The van der Waals surface area contributed by atoms with Crippen molar-refractivity contribution in [2.75, 3.05) is 39.5 Å². The zero-order chi connectivity index (χ0) is 15.3. The van der Waals surface area contributed by atoms with Crippen LogP contribution in [0.2, 0.25) is 0 Å². The standard InChI is InChI=1S/C15H28N2O3S/c1-3-4-7-19-8-9-20-11-15(18)10-16-6-5-14-12-21-13(2)17-14/h12,15-16,18H,3-11H2,1-2H3. The lowest BCUT2D eigenvalue weighted by Gasteiger charge is -2.12. The third-order valence-electron chi connectivity index (χ3n) is 2.93. The van der Waals surface area contributed by atoms with Crippen LogP contribution >= 0.6 is 11.3 Å². The van der Waals surface area contributed by atoms with E-state index in [1.165, 1.54) is 0 Å². The second-order valence-electron chi connectivity index (χ2n) is 5.01. The summed E-state index contributed by atoms with van der Waals surface area (Å²) in [6.45, 7) is 7.79. The van der Waals surface area contributed by atoms with Crippen molar-refractivity contribution >= 4 is 11.3 Å². The van der Waals surface area contributed by atoms with Crippen LogP contribution in [0.5, 0.6) is 0 Å². The predicted molar refractivity (Wildman–Crippen MR) is 86.0 cm³/mol. The van der Waals surface area contributed by atoms with Crippen molar-refractivity contribution < 1.29 is 14.6 Å². The van der Waals surface area contributed by atoms with Gasteiger partial charge in [0.05, 0.1) is 36.6 Å². The molecule has 1 aromatic heterocycles. The SMILES string of the molecule is CCCCOCCOCC(O)CNCCc1csc(C)n1. The largest absolute Gasteiger partial charge is 0.389 e. The van der Waals surface area contributed by atoms with Gasteiger partial charge in [-0.2, -0.15) is 0 Å². The van der Waals surface area contributed by atoms with Crippen LogP contribution in [0.25, 0.3) is 0 Å². The van der Waals surface area contributed by atoms with E-state index in [2.05, 4.69) is 22.6 Å². The van der Waals surface area contributed by atoms with Gasteiger partial charge in [0, 0.05) is 31.5 Å². The van der Waals surface area contributed by atoms with E-state index in [1.54, 1.807) is 11.3 Å². The van der Waals surface area contributed by atoms with Crippen LogP contribution in [0.15, 0.2) is 5.38 Å². The number of aliphatic hydroxyl groups is 1. The molecule has 0 aliphatic carbocycles. The number of hydrogen-bond acceptors (Lipinski definition) is 6. The van der Waals surface area contributed by atoms with Crippen molar-refractivity contribution in [2.24, 2.45) is 0 Å². The summed E-state index contributed by atoms with van der Waals surface area (Å²) in [5.74, 6) is 0. The van der Waals surface area contributed by atoms with Crippen molar-refractivity contribution in [3.63, 3.8) is 0 Å². The highest BCUT2D eigenvalue weighted by molar-refractivity contribution is 7.09. The molecule has 5 nitrogen and oxygen atoms in total. The highest BCUT2D eigenvalue weighted by Crippen LogP contribution is 2.07. The van der Waals surface area contributed by atoms with E-state index in [4.69, 9.17) is 9.47 Å². The van der Waals surface area contributed by atoms with Crippen LogP contribution in [0.4, 0.5) is 0 Å². The van der Waals surface area contributed by atoms with Crippen LogP contribution in [0, 0.1) is 6.92 Å². The number of thiazole rings is 1. The van der Waals surface area contributed by atoms with E-state index in [9.17, 15) is 5.11 Å². The molecule has 21 heavy (non-hydrogen) atoms. The molecule has 122 valence electrons. The average molecular weight is 316 g/mol. The van der Waals surface area contributed by atoms with Gasteiger partial charge in [-0.05, 0) is 13.3 Å². The van der Waals surface area contributed by atoms with Crippen LogP contribution in [0.1, 0.15) is 30.5 Å². The minimum absolute atomic E-state index is 0.347. The molecule has 1 rings (SSSR count). The van der Waals surface area contributed by atoms with Crippen LogP contribution in [0.3, 0.4) is 0 Å². The molecule has 2 N–H and O–H groups in total. The Morgan fingerprint density at radius 3 is 2.86 bits per heavy atom. The van der Waals surface area contributed by atoms with Crippen LogP contribution in [-0.2, 0) is 15.9 Å². The summed E-state index contributed by atoms with van der Waals surface area (Å²) < 4.78 is 10.7. The quantitative estimate of drug-likeness (QED) is 0.543. The second kappa shape index (κ2) is 12.1. The molecular formula is C15H28N2O3S. The number of nitrogens with zero attached hydrogens (tertiary/aromatic N) is 1. The maximum atomic E-state index is 9.75. The normalized spacial score (nSPS) is 12.7. The van der Waals surface area contributed by atoms with Gasteiger partial charge in [0.1, 0.15) is 0 Å². The van der Waals surface area contributed by atoms with Crippen molar-refractivity contribution in [1.29, 1.82) is 0 Å². The summed E-state index contributed by atoms with van der Waals surface area (Å²) in [6, 6.07) is 0. The molecular weight excluding hydrogens is 288 g/mol. The molecule has 1 aromatic rings. The first kappa shape index (κ1) is 18.5.